The normalized spacial score (nSPS) is 9.83. The van der Waals surface area contributed by atoms with E-state index in [9.17, 15) is 4.79 Å². The summed E-state index contributed by atoms with van der Waals surface area (Å²) in [6, 6.07) is 14.9. The Bertz CT molecular complexity index is 526. The first-order chi connectivity index (χ1) is 8.79. The zero-order chi connectivity index (χ0) is 12.8. The van der Waals surface area contributed by atoms with Crippen LogP contribution in [0.3, 0.4) is 0 Å². The molecule has 92 valence electrons. The average Bonchev–Trinajstić information content (AvgIpc) is 2.40. The van der Waals surface area contributed by atoms with E-state index in [1.54, 1.807) is 19.1 Å². The fourth-order valence-corrected chi connectivity index (χ4v) is 1.47. The molecule has 1 aromatic heterocycles. The van der Waals surface area contributed by atoms with Gasteiger partial charge in [-0.15, -0.1) is 0 Å². The highest BCUT2D eigenvalue weighted by Gasteiger charge is 2.07. The first-order valence-corrected chi connectivity index (χ1v) is 5.66. The molecule has 0 saturated carbocycles. The summed E-state index contributed by atoms with van der Waals surface area (Å²) in [5.74, 6) is 0.231. The predicted molar refractivity (Wildman–Crippen MR) is 67.3 cm³/mol. The van der Waals surface area contributed by atoms with Crippen LogP contribution in [-0.2, 0) is 4.74 Å². The van der Waals surface area contributed by atoms with Crippen molar-refractivity contribution in [2.24, 2.45) is 0 Å². The van der Waals surface area contributed by atoms with Crippen molar-refractivity contribution in [1.29, 1.82) is 0 Å². The van der Waals surface area contributed by atoms with Crippen molar-refractivity contribution in [2.75, 3.05) is 6.61 Å². The van der Waals surface area contributed by atoms with Crippen LogP contribution in [-0.4, -0.2) is 17.7 Å². The van der Waals surface area contributed by atoms with Gasteiger partial charge in [-0.3, -0.25) is 0 Å². The van der Waals surface area contributed by atoms with Gasteiger partial charge >= 0.3 is 6.16 Å². The molecule has 0 bridgehead atoms. The van der Waals surface area contributed by atoms with Gasteiger partial charge in [0.2, 0.25) is 5.88 Å². The molecule has 18 heavy (non-hydrogen) atoms. The fraction of sp³-hybridized carbons (Fsp3) is 0.143. The van der Waals surface area contributed by atoms with Crippen molar-refractivity contribution >= 4 is 6.16 Å². The highest BCUT2D eigenvalue weighted by atomic mass is 16.7. The Hall–Kier alpha value is -2.36. The molecule has 1 heterocycles. The SMILES string of the molecule is CCOC(=O)Oc1cccc(-c2ccccc2)n1. The topological polar surface area (TPSA) is 48.4 Å². The van der Waals surface area contributed by atoms with Crippen LogP contribution in [0.4, 0.5) is 4.79 Å². The van der Waals surface area contributed by atoms with E-state index in [4.69, 9.17) is 9.47 Å². The minimum Gasteiger partial charge on any atom is -0.434 e. The molecule has 2 rings (SSSR count). The van der Waals surface area contributed by atoms with Crippen molar-refractivity contribution in [3.8, 4) is 17.1 Å². The second kappa shape index (κ2) is 5.82. The third-order valence-electron chi connectivity index (χ3n) is 2.24. The van der Waals surface area contributed by atoms with Gasteiger partial charge in [0.15, 0.2) is 0 Å². The van der Waals surface area contributed by atoms with Crippen molar-refractivity contribution in [1.82, 2.24) is 4.98 Å². The van der Waals surface area contributed by atoms with Crippen LogP contribution in [0, 0.1) is 0 Å². The molecular weight excluding hydrogens is 230 g/mol. The number of benzene rings is 1. The zero-order valence-corrected chi connectivity index (χ0v) is 10.00. The first kappa shape index (κ1) is 12.1. The molecule has 0 N–H and O–H groups in total. The summed E-state index contributed by atoms with van der Waals surface area (Å²) in [7, 11) is 0. The molecule has 0 radical (unpaired) electrons. The number of rotatable bonds is 3. The molecule has 2 aromatic rings. The molecule has 0 fully saturated rings. The van der Waals surface area contributed by atoms with Crippen molar-refractivity contribution in [3.05, 3.63) is 48.5 Å². The van der Waals surface area contributed by atoms with Gasteiger partial charge in [-0.05, 0) is 13.0 Å². The molecule has 0 aliphatic rings. The van der Waals surface area contributed by atoms with Crippen LogP contribution in [0.5, 0.6) is 5.88 Å². The van der Waals surface area contributed by atoms with Crippen LogP contribution in [0.15, 0.2) is 48.5 Å². The highest BCUT2D eigenvalue weighted by Crippen LogP contribution is 2.19. The second-order valence-electron chi connectivity index (χ2n) is 3.51. The molecule has 0 saturated heterocycles. The number of hydrogen-bond donors (Lipinski definition) is 0. The van der Waals surface area contributed by atoms with Gasteiger partial charge in [-0.2, -0.15) is 0 Å². The van der Waals surface area contributed by atoms with E-state index in [-0.39, 0.29) is 12.5 Å². The maximum Gasteiger partial charge on any atom is 0.515 e. The van der Waals surface area contributed by atoms with Crippen molar-refractivity contribution < 1.29 is 14.3 Å². The summed E-state index contributed by atoms with van der Waals surface area (Å²) in [6.07, 6.45) is -0.741. The van der Waals surface area contributed by atoms with Crippen molar-refractivity contribution in [2.45, 2.75) is 6.92 Å². The first-order valence-electron chi connectivity index (χ1n) is 5.66. The largest absolute Gasteiger partial charge is 0.515 e. The van der Waals surface area contributed by atoms with Crippen molar-refractivity contribution in [3.63, 3.8) is 0 Å². The van der Waals surface area contributed by atoms with Gasteiger partial charge in [0.25, 0.3) is 0 Å². The molecule has 0 unspecified atom stereocenters. The molecule has 0 spiro atoms. The van der Waals surface area contributed by atoms with Gasteiger partial charge in [0.1, 0.15) is 0 Å². The van der Waals surface area contributed by atoms with Gasteiger partial charge in [0.05, 0.1) is 12.3 Å². The summed E-state index contributed by atoms with van der Waals surface area (Å²) < 4.78 is 9.63. The number of carbonyl (C=O) groups excluding carboxylic acids is 1. The van der Waals surface area contributed by atoms with E-state index >= 15 is 0 Å². The van der Waals surface area contributed by atoms with E-state index in [0.29, 0.717) is 0 Å². The molecule has 0 aliphatic heterocycles. The predicted octanol–water partition coefficient (Wildman–Crippen LogP) is 3.28. The molecule has 0 atom stereocenters. The van der Waals surface area contributed by atoms with E-state index in [1.165, 1.54) is 0 Å². The zero-order valence-electron chi connectivity index (χ0n) is 10.00. The molecule has 1 aromatic carbocycles. The van der Waals surface area contributed by atoms with Crippen LogP contribution in [0.25, 0.3) is 11.3 Å². The van der Waals surface area contributed by atoms with Gasteiger partial charge in [-0.25, -0.2) is 9.78 Å². The minimum atomic E-state index is -0.741. The summed E-state index contributed by atoms with van der Waals surface area (Å²) in [5.41, 5.74) is 1.71. The fourth-order valence-electron chi connectivity index (χ4n) is 1.47. The Balaban J connectivity index is 2.18. The van der Waals surface area contributed by atoms with E-state index in [2.05, 4.69) is 4.98 Å². The Morgan fingerprint density at radius 2 is 1.89 bits per heavy atom. The summed E-state index contributed by atoms with van der Waals surface area (Å²) >= 11 is 0. The van der Waals surface area contributed by atoms with Crippen LogP contribution >= 0.6 is 0 Å². The lowest BCUT2D eigenvalue weighted by Gasteiger charge is -2.05. The lowest BCUT2D eigenvalue weighted by atomic mass is 10.1. The van der Waals surface area contributed by atoms with E-state index in [1.807, 2.05) is 36.4 Å². The number of aromatic nitrogens is 1. The summed E-state index contributed by atoms with van der Waals surface area (Å²) in [5, 5.41) is 0. The maximum atomic E-state index is 11.2. The number of hydrogen-bond acceptors (Lipinski definition) is 4. The third-order valence-corrected chi connectivity index (χ3v) is 2.24. The second-order valence-corrected chi connectivity index (χ2v) is 3.51. The maximum absolute atomic E-state index is 11.2. The highest BCUT2D eigenvalue weighted by molar-refractivity contribution is 5.64. The standard InChI is InChI=1S/C14H13NO3/c1-2-17-14(16)18-13-10-6-9-12(15-13)11-7-4-3-5-8-11/h3-10H,2H2,1H3. The van der Waals surface area contributed by atoms with E-state index in [0.717, 1.165) is 11.3 Å². The smallest absolute Gasteiger partial charge is 0.434 e. The molecule has 4 heteroatoms. The molecule has 0 aliphatic carbocycles. The number of ether oxygens (including phenoxy) is 2. The Kier molecular flexibility index (Phi) is 3.91. The number of pyridine rings is 1. The summed E-state index contributed by atoms with van der Waals surface area (Å²) in [4.78, 5) is 15.4. The van der Waals surface area contributed by atoms with Crippen LogP contribution < -0.4 is 4.74 Å². The number of carbonyl (C=O) groups is 1. The third kappa shape index (κ3) is 3.07. The van der Waals surface area contributed by atoms with Gasteiger partial charge in [-0.1, -0.05) is 36.4 Å². The minimum absolute atomic E-state index is 0.231. The summed E-state index contributed by atoms with van der Waals surface area (Å²) in [6.45, 7) is 1.99. The van der Waals surface area contributed by atoms with E-state index < -0.39 is 6.16 Å². The lowest BCUT2D eigenvalue weighted by molar-refractivity contribution is 0.103. The van der Waals surface area contributed by atoms with Gasteiger partial charge < -0.3 is 9.47 Å². The molecule has 0 amide bonds. The molecular formula is C14H13NO3. The lowest BCUT2D eigenvalue weighted by Crippen LogP contribution is -2.10. The van der Waals surface area contributed by atoms with Gasteiger partial charge in [0, 0.05) is 11.6 Å². The monoisotopic (exact) mass is 243 g/mol. The van der Waals surface area contributed by atoms with Crippen LogP contribution in [0.1, 0.15) is 6.92 Å². The average molecular weight is 243 g/mol. The quantitative estimate of drug-likeness (QED) is 0.776. The Morgan fingerprint density at radius 3 is 2.61 bits per heavy atom. The van der Waals surface area contributed by atoms with Crippen LogP contribution in [0.2, 0.25) is 0 Å². The molecule has 4 nitrogen and oxygen atoms in total. The Labute approximate surface area is 105 Å². The number of nitrogens with zero attached hydrogens (tertiary/aromatic N) is 1. The Morgan fingerprint density at radius 1 is 1.11 bits per heavy atom.